The molecule has 1 heteroatoms. The summed E-state index contributed by atoms with van der Waals surface area (Å²) in [4.78, 5) is 0. The summed E-state index contributed by atoms with van der Waals surface area (Å²) in [6, 6.07) is 35.9. The van der Waals surface area contributed by atoms with E-state index in [9.17, 15) is 0 Å². The molecule has 0 aromatic heterocycles. The number of aryl methyl sites for hydroxylation is 1. The van der Waals surface area contributed by atoms with E-state index in [4.69, 9.17) is 4.74 Å². The van der Waals surface area contributed by atoms with E-state index in [0.717, 1.165) is 25.2 Å². The Balaban J connectivity index is 1.72. The van der Waals surface area contributed by atoms with Crippen LogP contribution in [-0.2, 0) is 11.8 Å². The molecular weight excluding hydrogens is 400 g/mol. The van der Waals surface area contributed by atoms with E-state index in [2.05, 4.69) is 111 Å². The second-order valence-electron chi connectivity index (χ2n) is 9.01. The Bertz CT molecular complexity index is 1120. The number of benzene rings is 4. The van der Waals surface area contributed by atoms with E-state index in [0.29, 0.717) is 0 Å². The molecule has 0 unspecified atom stereocenters. The van der Waals surface area contributed by atoms with Gasteiger partial charge in [-0.15, -0.1) is 0 Å². The molecule has 0 spiro atoms. The monoisotopic (exact) mass is 432 g/mol. The van der Waals surface area contributed by atoms with Crippen molar-refractivity contribution in [2.45, 2.75) is 44.9 Å². The lowest BCUT2D eigenvalue weighted by molar-refractivity contribution is 0.317. The van der Waals surface area contributed by atoms with Gasteiger partial charge in [0.1, 0.15) is 5.75 Å². The zero-order chi connectivity index (χ0) is 22.7. The van der Waals surface area contributed by atoms with Crippen LogP contribution in [0.4, 0.5) is 0 Å². The number of fused-ring (bicyclic) bond motifs is 3. The second-order valence-corrected chi connectivity index (χ2v) is 9.01. The van der Waals surface area contributed by atoms with Gasteiger partial charge in [-0.3, -0.25) is 0 Å². The molecule has 0 bridgehead atoms. The minimum Gasteiger partial charge on any atom is -0.494 e. The third-order valence-electron chi connectivity index (χ3n) is 6.92. The van der Waals surface area contributed by atoms with E-state index in [1.54, 1.807) is 0 Å². The number of unbranched alkanes of at least 4 members (excludes halogenated alkanes) is 1. The average Bonchev–Trinajstić information content (AvgIpc) is 3.18. The van der Waals surface area contributed by atoms with E-state index in [1.807, 2.05) is 0 Å². The molecular formula is C32H32O. The van der Waals surface area contributed by atoms with Crippen molar-refractivity contribution >= 4 is 0 Å². The van der Waals surface area contributed by atoms with Gasteiger partial charge in [0.15, 0.2) is 0 Å². The predicted molar refractivity (Wildman–Crippen MR) is 138 cm³/mol. The fourth-order valence-electron chi connectivity index (χ4n) is 5.35. The van der Waals surface area contributed by atoms with Gasteiger partial charge < -0.3 is 4.74 Å². The lowest BCUT2D eigenvalue weighted by Gasteiger charge is -2.34. The van der Waals surface area contributed by atoms with Gasteiger partial charge in [-0.25, -0.2) is 0 Å². The first-order chi connectivity index (χ1) is 16.3. The predicted octanol–water partition coefficient (Wildman–Crippen LogP) is 8.18. The zero-order valence-corrected chi connectivity index (χ0v) is 19.7. The van der Waals surface area contributed by atoms with Crippen molar-refractivity contribution in [1.29, 1.82) is 0 Å². The Kier molecular flexibility index (Phi) is 6.05. The number of ether oxygens (including phenoxy) is 1. The van der Waals surface area contributed by atoms with Gasteiger partial charge in [-0.2, -0.15) is 0 Å². The molecule has 0 atom stereocenters. The molecule has 166 valence electrons. The molecule has 0 amide bonds. The molecule has 0 heterocycles. The highest BCUT2D eigenvalue weighted by atomic mass is 16.5. The van der Waals surface area contributed by atoms with Crippen LogP contribution < -0.4 is 4.74 Å². The molecule has 0 aliphatic heterocycles. The molecule has 0 N–H and O–H groups in total. The zero-order valence-electron chi connectivity index (χ0n) is 19.7. The first-order valence-electron chi connectivity index (χ1n) is 12.3. The summed E-state index contributed by atoms with van der Waals surface area (Å²) in [6.07, 6.45) is 4.60. The van der Waals surface area contributed by atoms with Crippen LogP contribution >= 0.6 is 0 Å². The third-order valence-corrected chi connectivity index (χ3v) is 6.92. The van der Waals surface area contributed by atoms with Crippen molar-refractivity contribution in [3.05, 3.63) is 125 Å². The van der Waals surface area contributed by atoms with Crippen LogP contribution in [0.3, 0.4) is 0 Å². The van der Waals surface area contributed by atoms with Crippen LogP contribution in [0.2, 0.25) is 0 Å². The molecule has 0 radical (unpaired) electrons. The summed E-state index contributed by atoms with van der Waals surface area (Å²) in [7, 11) is 0. The van der Waals surface area contributed by atoms with Gasteiger partial charge in [0.2, 0.25) is 0 Å². The molecule has 1 aliphatic rings. The summed E-state index contributed by atoms with van der Waals surface area (Å²) in [6.45, 7) is 5.14. The highest BCUT2D eigenvalue weighted by Crippen LogP contribution is 2.56. The van der Waals surface area contributed by atoms with Crippen LogP contribution in [0.5, 0.6) is 5.75 Å². The smallest absolute Gasteiger partial charge is 0.119 e. The largest absolute Gasteiger partial charge is 0.494 e. The standard InChI is InChI=1S/C32H32O/c1-3-5-10-24-15-17-25(18-16-24)32(26-19-21-27(22-20-26)33-23-4-2)30-13-8-6-11-28(30)29-12-7-9-14-31(29)32/h6-9,11-22H,3-5,10,23H2,1-2H3. The Labute approximate surface area is 198 Å². The SMILES string of the molecule is CCCCc1ccc(C2(c3ccc(OCCC)cc3)c3ccccc3-c3ccccc32)cc1. The first-order valence-corrected chi connectivity index (χ1v) is 12.3. The molecule has 0 fully saturated rings. The molecule has 0 saturated carbocycles. The Morgan fingerprint density at radius 2 is 1.15 bits per heavy atom. The molecule has 4 aromatic rings. The highest BCUT2D eigenvalue weighted by Gasteiger charge is 2.45. The minimum atomic E-state index is -0.334. The van der Waals surface area contributed by atoms with Crippen LogP contribution in [0, 0.1) is 0 Å². The van der Waals surface area contributed by atoms with Crippen LogP contribution in [0.1, 0.15) is 60.9 Å². The van der Waals surface area contributed by atoms with Gasteiger partial charge in [0, 0.05) is 0 Å². The molecule has 1 nitrogen and oxygen atoms in total. The fourth-order valence-corrected chi connectivity index (χ4v) is 5.35. The number of rotatable bonds is 8. The summed E-state index contributed by atoms with van der Waals surface area (Å²) in [5.74, 6) is 0.935. The van der Waals surface area contributed by atoms with Gasteiger partial charge in [-0.1, -0.05) is 105 Å². The lowest BCUT2D eigenvalue weighted by Crippen LogP contribution is -2.28. The van der Waals surface area contributed by atoms with Gasteiger partial charge in [0.05, 0.1) is 12.0 Å². The lowest BCUT2D eigenvalue weighted by atomic mass is 9.67. The summed E-state index contributed by atoms with van der Waals surface area (Å²) in [5.41, 5.74) is 9.05. The van der Waals surface area contributed by atoms with E-state index < -0.39 is 0 Å². The normalized spacial score (nSPS) is 13.4. The van der Waals surface area contributed by atoms with Gasteiger partial charge in [-0.05, 0) is 70.3 Å². The van der Waals surface area contributed by atoms with Crippen molar-refractivity contribution in [3.63, 3.8) is 0 Å². The van der Waals surface area contributed by atoms with Crippen LogP contribution in [0.25, 0.3) is 11.1 Å². The van der Waals surface area contributed by atoms with E-state index in [-0.39, 0.29) is 5.41 Å². The highest BCUT2D eigenvalue weighted by molar-refractivity contribution is 5.86. The Morgan fingerprint density at radius 3 is 1.70 bits per heavy atom. The average molecular weight is 433 g/mol. The molecule has 33 heavy (non-hydrogen) atoms. The maximum absolute atomic E-state index is 5.90. The Morgan fingerprint density at radius 1 is 0.606 bits per heavy atom. The molecule has 1 aliphatic carbocycles. The topological polar surface area (TPSA) is 9.23 Å². The van der Waals surface area contributed by atoms with E-state index in [1.165, 1.54) is 51.8 Å². The number of hydrogen-bond acceptors (Lipinski definition) is 1. The maximum atomic E-state index is 5.90. The fraction of sp³-hybridized carbons (Fsp3) is 0.250. The summed E-state index contributed by atoms with van der Waals surface area (Å²) >= 11 is 0. The molecule has 0 saturated heterocycles. The second kappa shape index (κ2) is 9.27. The third kappa shape index (κ3) is 3.66. The minimum absolute atomic E-state index is 0.334. The maximum Gasteiger partial charge on any atom is 0.119 e. The van der Waals surface area contributed by atoms with Gasteiger partial charge in [0.25, 0.3) is 0 Å². The van der Waals surface area contributed by atoms with Crippen molar-refractivity contribution in [2.75, 3.05) is 6.61 Å². The van der Waals surface area contributed by atoms with Crippen LogP contribution in [-0.4, -0.2) is 6.61 Å². The van der Waals surface area contributed by atoms with Crippen molar-refractivity contribution in [1.82, 2.24) is 0 Å². The van der Waals surface area contributed by atoms with Crippen molar-refractivity contribution < 1.29 is 4.74 Å². The quantitative estimate of drug-likeness (QED) is 0.240. The van der Waals surface area contributed by atoms with Gasteiger partial charge >= 0.3 is 0 Å². The summed E-state index contributed by atoms with van der Waals surface area (Å²) in [5, 5.41) is 0. The van der Waals surface area contributed by atoms with Crippen molar-refractivity contribution in [3.8, 4) is 16.9 Å². The van der Waals surface area contributed by atoms with Crippen LogP contribution in [0.15, 0.2) is 97.1 Å². The first kappa shape index (κ1) is 21.5. The van der Waals surface area contributed by atoms with Crippen molar-refractivity contribution in [2.24, 2.45) is 0 Å². The number of hydrogen-bond donors (Lipinski definition) is 0. The Hall–Kier alpha value is -3.32. The van der Waals surface area contributed by atoms with E-state index >= 15 is 0 Å². The molecule has 5 rings (SSSR count). The molecule has 4 aromatic carbocycles. The summed E-state index contributed by atoms with van der Waals surface area (Å²) < 4.78 is 5.90.